The van der Waals surface area contributed by atoms with Gasteiger partial charge >= 0.3 is 0 Å². The lowest BCUT2D eigenvalue weighted by Crippen LogP contribution is -2.24. The highest BCUT2D eigenvalue weighted by atomic mass is 79.9. The smallest absolute Gasteiger partial charge is 0.251 e. The topological polar surface area (TPSA) is 47.6 Å². The lowest BCUT2D eigenvalue weighted by atomic mass is 10.2. The van der Waals surface area contributed by atoms with E-state index in [0.717, 1.165) is 10.9 Å². The van der Waals surface area contributed by atoms with Gasteiger partial charge in [-0.05, 0) is 48.3 Å². The molecule has 0 bridgehead atoms. The molecule has 4 nitrogen and oxygen atoms in total. The van der Waals surface area contributed by atoms with Gasteiger partial charge in [-0.2, -0.15) is 0 Å². The molecule has 1 N–H and O–H groups in total. The van der Waals surface area contributed by atoms with E-state index in [1.165, 1.54) is 0 Å². The first-order valence-electron chi connectivity index (χ1n) is 6.51. The summed E-state index contributed by atoms with van der Waals surface area (Å²) in [6, 6.07) is 3.46. The molecule has 106 valence electrons. The maximum absolute atomic E-state index is 12.0. The number of hydrogen-bond donors (Lipinski definition) is 1. The highest BCUT2D eigenvalue weighted by Gasteiger charge is 2.15. The Hall–Kier alpha value is -1.23. The van der Waals surface area contributed by atoms with E-state index < -0.39 is 0 Å². The molecule has 1 rings (SSSR count). The van der Waals surface area contributed by atoms with Crippen molar-refractivity contribution in [1.82, 2.24) is 5.32 Å². The number of carbonyl (C=O) groups is 1. The van der Waals surface area contributed by atoms with Crippen molar-refractivity contribution in [3.8, 4) is 11.5 Å². The molecule has 0 unspecified atom stereocenters. The fourth-order valence-corrected chi connectivity index (χ4v) is 2.14. The van der Waals surface area contributed by atoms with Crippen LogP contribution >= 0.6 is 15.9 Å². The summed E-state index contributed by atoms with van der Waals surface area (Å²) in [4.78, 5) is 12.0. The predicted octanol–water partition coefficient (Wildman–Crippen LogP) is 3.39. The van der Waals surface area contributed by atoms with Crippen LogP contribution in [0.4, 0.5) is 0 Å². The van der Waals surface area contributed by atoms with E-state index in [9.17, 15) is 4.79 Å². The van der Waals surface area contributed by atoms with Crippen LogP contribution < -0.4 is 14.8 Å². The van der Waals surface area contributed by atoms with E-state index in [2.05, 4.69) is 21.2 Å². The van der Waals surface area contributed by atoms with Crippen LogP contribution in [0.5, 0.6) is 11.5 Å². The Labute approximate surface area is 122 Å². The quantitative estimate of drug-likeness (QED) is 0.834. The number of hydrogen-bond acceptors (Lipinski definition) is 3. The molecule has 1 amide bonds. The molecule has 0 heterocycles. The van der Waals surface area contributed by atoms with Crippen molar-refractivity contribution in [3.63, 3.8) is 0 Å². The Kier molecular flexibility index (Phi) is 6.70. The molecule has 1 aromatic carbocycles. The van der Waals surface area contributed by atoms with E-state index in [0.29, 0.717) is 36.8 Å². The summed E-state index contributed by atoms with van der Waals surface area (Å²) in [6.07, 6.45) is 0.905. The van der Waals surface area contributed by atoms with Crippen LogP contribution in [0.1, 0.15) is 37.6 Å². The van der Waals surface area contributed by atoms with Gasteiger partial charge in [-0.3, -0.25) is 4.79 Å². The Morgan fingerprint density at radius 2 is 1.89 bits per heavy atom. The summed E-state index contributed by atoms with van der Waals surface area (Å²) in [6.45, 7) is 7.54. The lowest BCUT2D eigenvalue weighted by Gasteiger charge is -2.14. The maximum atomic E-state index is 12.0. The Morgan fingerprint density at radius 1 is 1.21 bits per heavy atom. The molecule has 0 aliphatic rings. The second kappa shape index (κ2) is 8.04. The SMILES string of the molecule is CCCNC(=O)c1cc(Br)c(OCC)c(OCC)c1. The third kappa shape index (κ3) is 4.42. The van der Waals surface area contributed by atoms with E-state index in [1.807, 2.05) is 20.8 Å². The van der Waals surface area contributed by atoms with Crippen molar-refractivity contribution in [1.29, 1.82) is 0 Å². The first kappa shape index (κ1) is 15.8. The first-order valence-corrected chi connectivity index (χ1v) is 7.30. The summed E-state index contributed by atoms with van der Waals surface area (Å²) < 4.78 is 11.8. The molecular formula is C14H20BrNO3. The number of benzene rings is 1. The fourth-order valence-electron chi connectivity index (χ4n) is 1.59. The summed E-state index contributed by atoms with van der Waals surface area (Å²) in [5.74, 6) is 1.11. The number of halogens is 1. The average molecular weight is 330 g/mol. The normalized spacial score (nSPS) is 10.1. The van der Waals surface area contributed by atoms with Crippen LogP contribution in [0.25, 0.3) is 0 Å². The van der Waals surface area contributed by atoms with Crippen molar-refractivity contribution in [2.75, 3.05) is 19.8 Å². The van der Waals surface area contributed by atoms with Gasteiger partial charge in [0.2, 0.25) is 0 Å². The largest absolute Gasteiger partial charge is 0.490 e. The number of nitrogens with one attached hydrogen (secondary N) is 1. The van der Waals surface area contributed by atoms with E-state index in [-0.39, 0.29) is 5.91 Å². The molecule has 0 saturated heterocycles. The molecule has 0 spiro atoms. The van der Waals surface area contributed by atoms with Crippen molar-refractivity contribution in [2.24, 2.45) is 0 Å². The Balaban J connectivity index is 3.05. The second-order valence-electron chi connectivity index (χ2n) is 3.91. The van der Waals surface area contributed by atoms with E-state index >= 15 is 0 Å². The van der Waals surface area contributed by atoms with Gasteiger partial charge in [0.15, 0.2) is 11.5 Å². The molecule has 0 aliphatic heterocycles. The predicted molar refractivity (Wildman–Crippen MR) is 79.1 cm³/mol. The van der Waals surface area contributed by atoms with Crippen molar-refractivity contribution < 1.29 is 14.3 Å². The molecule has 0 fully saturated rings. The number of rotatable bonds is 7. The van der Waals surface area contributed by atoms with Gasteiger partial charge in [0.25, 0.3) is 5.91 Å². The Morgan fingerprint density at radius 3 is 2.47 bits per heavy atom. The summed E-state index contributed by atoms with van der Waals surface area (Å²) in [5.41, 5.74) is 0.562. The number of ether oxygens (including phenoxy) is 2. The van der Waals surface area contributed by atoms with Crippen molar-refractivity contribution in [3.05, 3.63) is 22.2 Å². The number of carbonyl (C=O) groups excluding carboxylic acids is 1. The molecule has 5 heteroatoms. The highest BCUT2D eigenvalue weighted by molar-refractivity contribution is 9.10. The minimum atomic E-state index is -0.105. The van der Waals surface area contributed by atoms with Gasteiger partial charge in [0, 0.05) is 12.1 Å². The van der Waals surface area contributed by atoms with Crippen LogP contribution in [-0.2, 0) is 0 Å². The lowest BCUT2D eigenvalue weighted by molar-refractivity contribution is 0.0953. The Bertz CT molecular complexity index is 435. The fraction of sp³-hybridized carbons (Fsp3) is 0.500. The standard InChI is InChI=1S/C14H20BrNO3/c1-4-7-16-14(17)10-8-11(15)13(19-6-3)12(9-10)18-5-2/h8-9H,4-7H2,1-3H3,(H,16,17). The second-order valence-corrected chi connectivity index (χ2v) is 4.76. The molecule has 0 atom stereocenters. The van der Waals surface area contributed by atoms with Crippen LogP contribution in [0.2, 0.25) is 0 Å². The summed E-state index contributed by atoms with van der Waals surface area (Å²) in [5, 5.41) is 2.84. The third-order valence-electron chi connectivity index (χ3n) is 2.40. The first-order chi connectivity index (χ1) is 9.13. The minimum Gasteiger partial charge on any atom is -0.490 e. The monoisotopic (exact) mass is 329 g/mol. The highest BCUT2D eigenvalue weighted by Crippen LogP contribution is 2.36. The minimum absolute atomic E-state index is 0.105. The zero-order valence-corrected chi connectivity index (χ0v) is 13.2. The van der Waals surface area contributed by atoms with E-state index in [4.69, 9.17) is 9.47 Å². The van der Waals surface area contributed by atoms with Gasteiger partial charge < -0.3 is 14.8 Å². The van der Waals surface area contributed by atoms with Gasteiger partial charge in [-0.15, -0.1) is 0 Å². The molecule has 0 radical (unpaired) electrons. The van der Waals surface area contributed by atoms with Crippen LogP contribution in [0, 0.1) is 0 Å². The third-order valence-corrected chi connectivity index (χ3v) is 2.98. The van der Waals surface area contributed by atoms with Crippen molar-refractivity contribution >= 4 is 21.8 Å². The number of amides is 1. The maximum Gasteiger partial charge on any atom is 0.251 e. The molecule has 19 heavy (non-hydrogen) atoms. The molecule has 0 saturated carbocycles. The van der Waals surface area contributed by atoms with Gasteiger partial charge in [-0.1, -0.05) is 6.92 Å². The van der Waals surface area contributed by atoms with Gasteiger partial charge in [0.05, 0.1) is 17.7 Å². The summed E-state index contributed by atoms with van der Waals surface area (Å²) >= 11 is 3.42. The van der Waals surface area contributed by atoms with E-state index in [1.54, 1.807) is 12.1 Å². The molecule has 1 aromatic rings. The zero-order chi connectivity index (χ0) is 14.3. The van der Waals surface area contributed by atoms with Crippen LogP contribution in [-0.4, -0.2) is 25.7 Å². The molecule has 0 aliphatic carbocycles. The van der Waals surface area contributed by atoms with Gasteiger partial charge in [0.1, 0.15) is 0 Å². The summed E-state index contributed by atoms with van der Waals surface area (Å²) in [7, 11) is 0. The van der Waals surface area contributed by atoms with Crippen LogP contribution in [0.15, 0.2) is 16.6 Å². The van der Waals surface area contributed by atoms with Crippen molar-refractivity contribution in [2.45, 2.75) is 27.2 Å². The molecular weight excluding hydrogens is 310 g/mol. The average Bonchev–Trinajstić information content (AvgIpc) is 2.39. The van der Waals surface area contributed by atoms with Crippen LogP contribution in [0.3, 0.4) is 0 Å². The van der Waals surface area contributed by atoms with Gasteiger partial charge in [-0.25, -0.2) is 0 Å². The molecule has 0 aromatic heterocycles. The zero-order valence-electron chi connectivity index (χ0n) is 11.6.